The van der Waals surface area contributed by atoms with E-state index in [2.05, 4.69) is 15.9 Å². The lowest BCUT2D eigenvalue weighted by Gasteiger charge is -2.25. The number of aliphatic hydroxyl groups is 1. The summed E-state index contributed by atoms with van der Waals surface area (Å²) in [5, 5.41) is 20.2. The number of hydrogen-bond acceptors (Lipinski definition) is 6. The Morgan fingerprint density at radius 2 is 1.74 bits per heavy atom. The fraction of sp³-hybridized carbons (Fsp3) is 0.0769. The van der Waals surface area contributed by atoms with Gasteiger partial charge in [0.05, 0.1) is 23.2 Å². The van der Waals surface area contributed by atoms with Gasteiger partial charge in [0.1, 0.15) is 11.5 Å². The van der Waals surface area contributed by atoms with Crippen molar-refractivity contribution in [3.63, 3.8) is 0 Å². The number of carbonyl (C=O) groups excluding carboxylic acids is 3. The molecule has 1 N–H and O–H groups in total. The van der Waals surface area contributed by atoms with Crippen molar-refractivity contribution in [2.75, 3.05) is 4.90 Å². The van der Waals surface area contributed by atoms with Gasteiger partial charge in [-0.1, -0.05) is 40.2 Å². The first-order chi connectivity index (χ1) is 16.3. The number of nitrogens with zero attached hydrogens (tertiary/aromatic N) is 2. The minimum atomic E-state index is -0.993. The third-order valence-corrected chi connectivity index (χ3v) is 5.80. The number of esters is 1. The molecule has 1 saturated heterocycles. The van der Waals surface area contributed by atoms with Gasteiger partial charge in [-0.2, -0.15) is 5.26 Å². The number of ether oxygens (including phenoxy) is 1. The second-order valence-electron chi connectivity index (χ2n) is 7.50. The number of carbonyl (C=O) groups is 3. The van der Waals surface area contributed by atoms with E-state index in [1.807, 2.05) is 6.07 Å². The van der Waals surface area contributed by atoms with Crippen LogP contribution in [0.4, 0.5) is 5.69 Å². The van der Waals surface area contributed by atoms with E-state index in [9.17, 15) is 19.5 Å². The minimum Gasteiger partial charge on any atom is -0.507 e. The summed E-state index contributed by atoms with van der Waals surface area (Å²) in [4.78, 5) is 39.1. The van der Waals surface area contributed by atoms with Crippen molar-refractivity contribution in [2.45, 2.75) is 13.0 Å². The monoisotopic (exact) mass is 516 g/mol. The molecule has 0 saturated carbocycles. The van der Waals surface area contributed by atoms with Crippen LogP contribution >= 0.6 is 15.9 Å². The normalized spacial score (nSPS) is 16.9. The molecule has 3 aromatic carbocycles. The van der Waals surface area contributed by atoms with E-state index < -0.39 is 23.7 Å². The topological polar surface area (TPSA) is 108 Å². The molecule has 1 fully saturated rings. The Hall–Kier alpha value is -4.22. The molecule has 4 rings (SSSR count). The van der Waals surface area contributed by atoms with Crippen LogP contribution < -0.4 is 9.64 Å². The van der Waals surface area contributed by atoms with E-state index in [4.69, 9.17) is 10.00 Å². The maximum Gasteiger partial charge on any atom is 0.308 e. The van der Waals surface area contributed by atoms with E-state index in [-0.39, 0.29) is 17.1 Å². The molecular weight excluding hydrogens is 500 g/mol. The maximum atomic E-state index is 13.2. The van der Waals surface area contributed by atoms with Crippen LogP contribution in [0, 0.1) is 11.3 Å². The number of Topliss-reactive ketones (excluding diaryl/α,β-unsaturated/α-hetero) is 1. The predicted octanol–water partition coefficient (Wildman–Crippen LogP) is 4.87. The van der Waals surface area contributed by atoms with Crippen molar-refractivity contribution in [2.24, 2.45) is 0 Å². The summed E-state index contributed by atoms with van der Waals surface area (Å²) >= 11 is 3.34. The van der Waals surface area contributed by atoms with Crippen LogP contribution in [0.15, 0.2) is 82.8 Å². The van der Waals surface area contributed by atoms with Crippen LogP contribution in [0.2, 0.25) is 0 Å². The van der Waals surface area contributed by atoms with Gasteiger partial charge >= 0.3 is 5.97 Å². The van der Waals surface area contributed by atoms with E-state index in [1.165, 1.54) is 24.0 Å². The minimum absolute atomic E-state index is 0.100. The second kappa shape index (κ2) is 9.33. The largest absolute Gasteiger partial charge is 0.507 e. The summed E-state index contributed by atoms with van der Waals surface area (Å²) in [5.74, 6) is -2.30. The van der Waals surface area contributed by atoms with Gasteiger partial charge in [0.25, 0.3) is 11.7 Å². The number of amides is 1. The number of hydrogen-bond donors (Lipinski definition) is 1. The Balaban J connectivity index is 1.93. The Bertz CT molecular complexity index is 1370. The fourth-order valence-electron chi connectivity index (χ4n) is 3.79. The quantitative estimate of drug-likeness (QED) is 0.174. The number of anilines is 1. The molecule has 0 radical (unpaired) electrons. The van der Waals surface area contributed by atoms with Crippen LogP contribution in [-0.2, 0) is 14.4 Å². The summed E-state index contributed by atoms with van der Waals surface area (Å²) < 4.78 is 5.97. The van der Waals surface area contributed by atoms with Gasteiger partial charge in [-0.25, -0.2) is 0 Å². The van der Waals surface area contributed by atoms with Gasteiger partial charge in [-0.15, -0.1) is 0 Å². The molecule has 1 atom stereocenters. The zero-order valence-corrected chi connectivity index (χ0v) is 19.4. The van der Waals surface area contributed by atoms with Crippen molar-refractivity contribution >= 4 is 45.0 Å². The van der Waals surface area contributed by atoms with Crippen molar-refractivity contribution in [3.05, 3.63) is 99.5 Å². The Morgan fingerprint density at radius 1 is 1.06 bits per heavy atom. The molecule has 0 spiro atoms. The molecule has 7 nitrogen and oxygen atoms in total. The SMILES string of the molecule is CC(=O)Oc1cccc(C2/C(=C(/O)c3ccc(Br)cc3)C(=O)C(=O)N2c2ccc(C#N)cc2)c1. The zero-order valence-electron chi connectivity index (χ0n) is 17.9. The smallest absolute Gasteiger partial charge is 0.308 e. The lowest BCUT2D eigenvalue weighted by Crippen LogP contribution is -2.29. The van der Waals surface area contributed by atoms with Crippen LogP contribution in [0.3, 0.4) is 0 Å². The van der Waals surface area contributed by atoms with Crippen LogP contribution in [0.5, 0.6) is 5.75 Å². The molecule has 0 aromatic heterocycles. The van der Waals surface area contributed by atoms with Crippen molar-refractivity contribution in [1.29, 1.82) is 5.26 Å². The van der Waals surface area contributed by atoms with E-state index in [1.54, 1.807) is 60.7 Å². The number of ketones is 1. The molecule has 3 aromatic rings. The highest BCUT2D eigenvalue weighted by atomic mass is 79.9. The molecule has 34 heavy (non-hydrogen) atoms. The van der Waals surface area contributed by atoms with Crippen molar-refractivity contribution in [3.8, 4) is 11.8 Å². The van der Waals surface area contributed by atoms with Gasteiger partial charge < -0.3 is 9.84 Å². The summed E-state index contributed by atoms with van der Waals surface area (Å²) in [5.41, 5.74) is 1.49. The Labute approximate surface area is 203 Å². The molecule has 1 unspecified atom stereocenters. The second-order valence-corrected chi connectivity index (χ2v) is 8.42. The zero-order chi connectivity index (χ0) is 24.4. The molecule has 1 amide bonds. The number of aliphatic hydroxyl groups excluding tert-OH is 1. The van der Waals surface area contributed by atoms with Crippen LogP contribution in [0.25, 0.3) is 5.76 Å². The molecule has 168 valence electrons. The Kier molecular flexibility index (Phi) is 6.30. The van der Waals surface area contributed by atoms with Gasteiger partial charge in [-0.05, 0) is 54.1 Å². The number of rotatable bonds is 4. The standard InChI is InChI=1S/C26H17BrN2O5/c1-15(30)34-21-4-2-3-18(13-21)23-22(24(31)17-7-9-19(27)10-8-17)25(32)26(33)29(23)20-11-5-16(14-28)6-12-20/h2-13,23,31H,1H3/b24-22-. The van der Waals surface area contributed by atoms with Crippen LogP contribution in [0.1, 0.15) is 29.7 Å². The van der Waals surface area contributed by atoms with Crippen LogP contribution in [-0.4, -0.2) is 22.8 Å². The summed E-state index contributed by atoms with van der Waals surface area (Å²) in [6, 6.07) is 20.3. The molecule has 1 aliphatic heterocycles. The Morgan fingerprint density at radius 3 is 2.35 bits per heavy atom. The molecule has 0 aliphatic carbocycles. The van der Waals surface area contributed by atoms with E-state index in [0.29, 0.717) is 22.4 Å². The number of halogens is 1. The number of nitriles is 1. The molecule has 1 heterocycles. The van der Waals surface area contributed by atoms with Crippen molar-refractivity contribution < 1.29 is 24.2 Å². The number of benzene rings is 3. The fourth-order valence-corrected chi connectivity index (χ4v) is 4.05. The molecular formula is C26H17BrN2O5. The molecule has 1 aliphatic rings. The van der Waals surface area contributed by atoms with Gasteiger partial charge in [0, 0.05) is 22.6 Å². The molecule has 8 heteroatoms. The lowest BCUT2D eigenvalue weighted by atomic mass is 9.95. The average Bonchev–Trinajstić information content (AvgIpc) is 3.09. The van der Waals surface area contributed by atoms with E-state index >= 15 is 0 Å². The maximum absolute atomic E-state index is 13.2. The van der Waals surface area contributed by atoms with E-state index in [0.717, 1.165) is 4.47 Å². The van der Waals surface area contributed by atoms with Gasteiger partial charge in [-0.3, -0.25) is 19.3 Å². The first kappa shape index (κ1) is 23.0. The summed E-state index contributed by atoms with van der Waals surface area (Å²) in [7, 11) is 0. The highest BCUT2D eigenvalue weighted by molar-refractivity contribution is 9.10. The summed E-state index contributed by atoms with van der Waals surface area (Å²) in [6.45, 7) is 1.27. The lowest BCUT2D eigenvalue weighted by molar-refractivity contribution is -0.132. The highest BCUT2D eigenvalue weighted by Gasteiger charge is 2.47. The summed E-state index contributed by atoms with van der Waals surface area (Å²) in [6.07, 6.45) is 0. The predicted molar refractivity (Wildman–Crippen MR) is 128 cm³/mol. The highest BCUT2D eigenvalue weighted by Crippen LogP contribution is 2.43. The third kappa shape index (κ3) is 4.34. The average molecular weight is 517 g/mol. The van der Waals surface area contributed by atoms with Gasteiger partial charge in [0.2, 0.25) is 0 Å². The van der Waals surface area contributed by atoms with Crippen molar-refractivity contribution in [1.82, 2.24) is 0 Å². The third-order valence-electron chi connectivity index (χ3n) is 5.27. The first-order valence-electron chi connectivity index (χ1n) is 10.2. The first-order valence-corrected chi connectivity index (χ1v) is 10.9. The molecule has 0 bridgehead atoms. The van der Waals surface area contributed by atoms with Gasteiger partial charge in [0.15, 0.2) is 0 Å².